The fourth-order valence-electron chi connectivity index (χ4n) is 3.05. The van der Waals surface area contributed by atoms with Gasteiger partial charge in [0.2, 0.25) is 0 Å². The second-order valence-electron chi connectivity index (χ2n) is 6.99. The normalized spacial score (nSPS) is 14.1. The van der Waals surface area contributed by atoms with Crippen LogP contribution < -0.4 is 0 Å². The first-order valence-corrected chi connectivity index (χ1v) is 10.9. The number of urea groups is 1. The summed E-state index contributed by atoms with van der Waals surface area (Å²) in [4.78, 5) is 36.9. The van der Waals surface area contributed by atoms with Gasteiger partial charge >= 0.3 is 11.9 Å². The Kier molecular flexibility index (Phi) is 6.78. The highest BCUT2D eigenvalue weighted by molar-refractivity contribution is 7.98. The van der Waals surface area contributed by atoms with Gasteiger partial charge < -0.3 is 4.42 Å². The van der Waals surface area contributed by atoms with E-state index in [0.717, 1.165) is 26.7 Å². The number of hydrogen-bond acceptors (Lipinski definition) is 9. The van der Waals surface area contributed by atoms with Crippen LogP contribution in [0.15, 0.2) is 63.1 Å². The molecular weight excluding hydrogens is 450 g/mol. The van der Waals surface area contributed by atoms with Crippen LogP contribution in [-0.2, 0) is 17.1 Å². The first-order chi connectivity index (χ1) is 16.0. The Balaban J connectivity index is 1.24. The minimum Gasteiger partial charge on any atom is -0.400 e. The van der Waals surface area contributed by atoms with Crippen molar-refractivity contribution in [3.63, 3.8) is 0 Å². The van der Waals surface area contributed by atoms with Gasteiger partial charge in [-0.05, 0) is 24.6 Å². The second kappa shape index (κ2) is 10.1. The van der Waals surface area contributed by atoms with Crippen LogP contribution in [-0.4, -0.2) is 61.1 Å². The van der Waals surface area contributed by atoms with E-state index in [1.807, 2.05) is 36.5 Å². The molecule has 1 saturated heterocycles. The molecule has 33 heavy (non-hydrogen) atoms. The number of carbonyl (C=O) groups excluding carboxylic acids is 2. The number of hydrazone groups is 1. The number of imide groups is 1. The van der Waals surface area contributed by atoms with Crippen LogP contribution in [0.5, 0.6) is 0 Å². The molecule has 0 N–H and O–H groups in total. The molecule has 0 radical (unpaired) electrons. The van der Waals surface area contributed by atoms with Crippen molar-refractivity contribution in [2.45, 2.75) is 23.6 Å². The zero-order valence-corrected chi connectivity index (χ0v) is 18.1. The number of carbonyl (C=O) groups is 2. The van der Waals surface area contributed by atoms with Crippen molar-refractivity contribution in [3.05, 3.63) is 70.2 Å². The Morgan fingerprint density at radius 1 is 1.18 bits per heavy atom. The van der Waals surface area contributed by atoms with E-state index in [1.54, 1.807) is 16.4 Å². The predicted molar refractivity (Wildman–Crippen MR) is 117 cm³/mol. The van der Waals surface area contributed by atoms with Gasteiger partial charge in [-0.15, -0.1) is 16.9 Å². The predicted octanol–water partition coefficient (Wildman–Crippen LogP) is 2.76. The molecule has 0 bridgehead atoms. The van der Waals surface area contributed by atoms with Crippen molar-refractivity contribution in [2.75, 3.05) is 13.1 Å². The van der Waals surface area contributed by atoms with Gasteiger partial charge in [-0.3, -0.25) is 24.5 Å². The molecule has 0 aliphatic carbocycles. The summed E-state index contributed by atoms with van der Waals surface area (Å²) < 4.78 is 6.64. The van der Waals surface area contributed by atoms with E-state index in [1.165, 1.54) is 12.1 Å². The van der Waals surface area contributed by atoms with Crippen molar-refractivity contribution < 1.29 is 18.9 Å². The number of hydrogen-bond donors (Lipinski definition) is 0. The summed E-state index contributed by atoms with van der Waals surface area (Å²) >= 11 is 1.67. The number of nitrogens with zero attached hydrogens (tertiary/aromatic N) is 7. The summed E-state index contributed by atoms with van der Waals surface area (Å²) in [5, 5.41) is 23.8. The van der Waals surface area contributed by atoms with Crippen molar-refractivity contribution in [1.29, 1.82) is 0 Å². The van der Waals surface area contributed by atoms with Crippen LogP contribution in [0, 0.1) is 10.1 Å². The maximum Gasteiger partial charge on any atom is 0.433 e. The third-order valence-electron chi connectivity index (χ3n) is 4.64. The van der Waals surface area contributed by atoms with Crippen LogP contribution in [0.1, 0.15) is 17.9 Å². The summed E-state index contributed by atoms with van der Waals surface area (Å²) in [5.41, 5.74) is 0.843. The standard InChI is InChI=1S/C20H19N7O5S/c28-18-13-26(21-11-16-7-8-19(32-16)27(30)31)20(29)25(18)10-4-9-24-12-15(22-23-24)14-33-17-5-2-1-3-6-17/h1-3,5-8,11-12H,4,9-10,13-14H2/b21-11+. The Morgan fingerprint density at radius 2 is 2.00 bits per heavy atom. The number of thioether (sulfide) groups is 1. The number of nitro groups is 1. The average molecular weight is 469 g/mol. The molecule has 0 unspecified atom stereocenters. The first-order valence-electron chi connectivity index (χ1n) is 9.96. The van der Waals surface area contributed by atoms with E-state index in [-0.39, 0.29) is 24.8 Å². The molecule has 170 valence electrons. The second-order valence-corrected chi connectivity index (χ2v) is 8.04. The van der Waals surface area contributed by atoms with Gasteiger partial charge in [-0.2, -0.15) is 5.10 Å². The molecule has 1 aliphatic rings. The average Bonchev–Trinajstić information content (AvgIpc) is 3.53. The van der Waals surface area contributed by atoms with E-state index < -0.39 is 16.8 Å². The number of furan rings is 1. The van der Waals surface area contributed by atoms with Crippen LogP contribution in [0.2, 0.25) is 0 Å². The zero-order chi connectivity index (χ0) is 23.2. The summed E-state index contributed by atoms with van der Waals surface area (Å²) in [5.74, 6) is -0.00965. The van der Waals surface area contributed by atoms with Gasteiger partial charge in [0.05, 0.1) is 18.0 Å². The lowest BCUT2D eigenvalue weighted by atomic mass is 10.4. The zero-order valence-electron chi connectivity index (χ0n) is 17.3. The molecule has 12 nitrogen and oxygen atoms in total. The highest BCUT2D eigenvalue weighted by Gasteiger charge is 2.35. The van der Waals surface area contributed by atoms with Gasteiger partial charge in [0.15, 0.2) is 5.76 Å². The molecule has 13 heteroatoms. The summed E-state index contributed by atoms with van der Waals surface area (Å²) in [7, 11) is 0. The van der Waals surface area contributed by atoms with Crippen LogP contribution >= 0.6 is 11.8 Å². The number of aryl methyl sites for hydroxylation is 1. The van der Waals surface area contributed by atoms with Gasteiger partial charge in [-0.1, -0.05) is 23.4 Å². The number of benzene rings is 1. The number of rotatable bonds is 10. The number of aromatic nitrogens is 3. The lowest BCUT2D eigenvalue weighted by molar-refractivity contribution is -0.402. The maximum absolute atomic E-state index is 12.5. The lowest BCUT2D eigenvalue weighted by Gasteiger charge is -2.13. The topological polar surface area (TPSA) is 140 Å². The van der Waals surface area contributed by atoms with Crippen molar-refractivity contribution in [3.8, 4) is 0 Å². The third kappa shape index (κ3) is 5.63. The molecule has 0 atom stereocenters. The number of amides is 3. The van der Waals surface area contributed by atoms with Crippen LogP contribution in [0.4, 0.5) is 10.7 Å². The molecular formula is C20H19N7O5S. The highest BCUT2D eigenvalue weighted by atomic mass is 32.2. The fourth-order valence-corrected chi connectivity index (χ4v) is 3.85. The minimum absolute atomic E-state index is 0.104. The van der Waals surface area contributed by atoms with Gasteiger partial charge in [0, 0.05) is 29.9 Å². The minimum atomic E-state index is -0.677. The van der Waals surface area contributed by atoms with Gasteiger partial charge in [0.25, 0.3) is 5.91 Å². The molecule has 2 aromatic heterocycles. The van der Waals surface area contributed by atoms with E-state index >= 15 is 0 Å². The van der Waals surface area contributed by atoms with E-state index in [2.05, 4.69) is 15.4 Å². The molecule has 0 saturated carbocycles. The summed E-state index contributed by atoms with van der Waals surface area (Å²) in [6.07, 6.45) is 3.52. The summed E-state index contributed by atoms with van der Waals surface area (Å²) in [6, 6.07) is 12.0. The monoisotopic (exact) mass is 469 g/mol. The van der Waals surface area contributed by atoms with Crippen LogP contribution in [0.25, 0.3) is 0 Å². The van der Waals surface area contributed by atoms with E-state index in [9.17, 15) is 19.7 Å². The van der Waals surface area contributed by atoms with Crippen LogP contribution in [0.3, 0.4) is 0 Å². The van der Waals surface area contributed by atoms with Gasteiger partial charge in [-0.25, -0.2) is 9.80 Å². The van der Waals surface area contributed by atoms with Crippen molar-refractivity contribution >= 4 is 35.8 Å². The Bertz CT molecular complexity index is 1180. The SMILES string of the molecule is O=C1CN(/N=C/c2ccc([N+](=O)[O-])o2)C(=O)N1CCCn1cc(CSc2ccccc2)nn1. The molecule has 1 aromatic carbocycles. The first kappa shape index (κ1) is 22.2. The molecule has 3 heterocycles. The van der Waals surface area contributed by atoms with Gasteiger partial charge in [0.1, 0.15) is 11.5 Å². The Labute approximate surface area is 192 Å². The summed E-state index contributed by atoms with van der Waals surface area (Å²) in [6.45, 7) is 0.506. The third-order valence-corrected chi connectivity index (χ3v) is 5.69. The molecule has 0 spiro atoms. The Morgan fingerprint density at radius 3 is 2.76 bits per heavy atom. The van der Waals surface area contributed by atoms with E-state index in [4.69, 9.17) is 4.42 Å². The van der Waals surface area contributed by atoms with Crippen molar-refractivity contribution in [2.24, 2.45) is 5.10 Å². The Hall–Kier alpha value is -4.00. The lowest BCUT2D eigenvalue weighted by Crippen LogP contribution is -2.32. The molecule has 1 aliphatic heterocycles. The highest BCUT2D eigenvalue weighted by Crippen LogP contribution is 2.21. The van der Waals surface area contributed by atoms with Crippen molar-refractivity contribution in [1.82, 2.24) is 24.9 Å². The fraction of sp³-hybridized carbons (Fsp3) is 0.250. The largest absolute Gasteiger partial charge is 0.433 e. The smallest absolute Gasteiger partial charge is 0.400 e. The maximum atomic E-state index is 12.5. The molecule has 3 amide bonds. The molecule has 3 aromatic rings. The molecule has 4 rings (SSSR count). The quantitative estimate of drug-likeness (QED) is 0.145. The van der Waals surface area contributed by atoms with E-state index in [0.29, 0.717) is 18.7 Å². The molecule has 1 fully saturated rings.